The van der Waals surface area contributed by atoms with Crippen LogP contribution in [0.3, 0.4) is 0 Å². The molecular weight excluding hydrogens is 500 g/mol. The molecule has 9 heteroatoms. The Balaban J connectivity index is 1.76. The average Bonchev–Trinajstić information content (AvgIpc) is 2.90. The molecule has 0 saturated carbocycles. The summed E-state index contributed by atoms with van der Waals surface area (Å²) in [6, 6.07) is 10.2. The van der Waals surface area contributed by atoms with Gasteiger partial charge >= 0.3 is 0 Å². The fourth-order valence-corrected chi connectivity index (χ4v) is 5.85. The molecule has 1 N–H and O–H groups in total. The Labute approximate surface area is 219 Å². The fraction of sp³-hybridized carbons (Fsp3) is 0.357. The Morgan fingerprint density at radius 2 is 1.68 bits per heavy atom. The van der Waals surface area contributed by atoms with Crippen LogP contribution in [0.2, 0.25) is 5.02 Å². The number of carbonyl (C=O) groups excluding carboxylic acids is 2. The molecule has 2 aliphatic rings. The van der Waals surface area contributed by atoms with E-state index < -0.39 is 29.9 Å². The molecule has 0 radical (unpaired) electrons. The third-order valence-electron chi connectivity index (χ3n) is 7.21. The van der Waals surface area contributed by atoms with Crippen LogP contribution in [0.25, 0.3) is 10.8 Å². The van der Waals surface area contributed by atoms with Gasteiger partial charge in [-0.05, 0) is 22.9 Å². The fourth-order valence-electron chi connectivity index (χ4n) is 5.61. The van der Waals surface area contributed by atoms with Crippen LogP contribution < -0.4 is 4.74 Å². The summed E-state index contributed by atoms with van der Waals surface area (Å²) in [4.78, 5) is 27.7. The number of hydrogen-bond donors (Lipinski definition) is 1. The van der Waals surface area contributed by atoms with Crippen molar-refractivity contribution < 1.29 is 38.4 Å². The lowest BCUT2D eigenvalue weighted by molar-refractivity contribution is -0.200. The largest absolute Gasteiger partial charge is 0.507 e. The van der Waals surface area contributed by atoms with Crippen LogP contribution in [0.15, 0.2) is 36.4 Å². The molecule has 1 heterocycles. The van der Waals surface area contributed by atoms with Crippen molar-refractivity contribution >= 4 is 33.9 Å². The molecule has 4 atom stereocenters. The molecule has 3 aromatic rings. The van der Waals surface area contributed by atoms with Crippen LogP contribution in [0, 0.1) is 0 Å². The predicted octanol–water partition coefficient (Wildman–Crippen LogP) is 4.49. The van der Waals surface area contributed by atoms with E-state index in [9.17, 15) is 14.7 Å². The highest BCUT2D eigenvalue weighted by atomic mass is 35.5. The van der Waals surface area contributed by atoms with Crippen LogP contribution in [-0.2, 0) is 18.9 Å². The first kappa shape index (κ1) is 25.6. The lowest BCUT2D eigenvalue weighted by Crippen LogP contribution is -2.49. The molecule has 3 aromatic carbocycles. The highest BCUT2D eigenvalue weighted by Crippen LogP contribution is 2.48. The molecule has 0 spiro atoms. The second-order valence-corrected chi connectivity index (χ2v) is 9.46. The highest BCUT2D eigenvalue weighted by Gasteiger charge is 2.44. The van der Waals surface area contributed by atoms with Gasteiger partial charge in [-0.3, -0.25) is 9.59 Å². The maximum Gasteiger partial charge on any atom is 0.202 e. The molecule has 8 nitrogen and oxygen atoms in total. The molecule has 1 saturated heterocycles. The summed E-state index contributed by atoms with van der Waals surface area (Å²) in [5.74, 6) is -1.16. The number of phenolic OH excluding ortho intramolecular Hbond substituents is 1. The molecular formula is C28H27ClO8. The van der Waals surface area contributed by atoms with Crippen LogP contribution in [0.1, 0.15) is 49.9 Å². The Morgan fingerprint density at radius 3 is 2.32 bits per heavy atom. The Bertz CT molecular complexity index is 1400. The molecule has 5 rings (SSSR count). The Hall–Kier alpha value is -3.01. The summed E-state index contributed by atoms with van der Waals surface area (Å²) in [5, 5.41) is 13.0. The molecule has 194 valence electrons. The molecule has 1 aliphatic carbocycles. The minimum atomic E-state index is -0.669. The smallest absolute Gasteiger partial charge is 0.202 e. The average molecular weight is 527 g/mol. The summed E-state index contributed by atoms with van der Waals surface area (Å²) in [6.07, 6.45) is -1.58. The van der Waals surface area contributed by atoms with Gasteiger partial charge < -0.3 is 28.8 Å². The van der Waals surface area contributed by atoms with E-state index in [1.54, 1.807) is 39.5 Å². The van der Waals surface area contributed by atoms with Gasteiger partial charge in [-0.1, -0.05) is 35.9 Å². The number of aromatic hydroxyl groups is 1. The van der Waals surface area contributed by atoms with Gasteiger partial charge in [-0.25, -0.2) is 0 Å². The first-order valence-electron chi connectivity index (χ1n) is 11.8. The van der Waals surface area contributed by atoms with Gasteiger partial charge in [0.2, 0.25) is 5.78 Å². The summed E-state index contributed by atoms with van der Waals surface area (Å²) in [6.45, 7) is 0.235. The summed E-state index contributed by atoms with van der Waals surface area (Å²) in [5.41, 5.74) is 0.646. The molecule has 0 bridgehead atoms. The first-order valence-corrected chi connectivity index (χ1v) is 12.2. The molecule has 1 fully saturated rings. The number of hydrogen-bond acceptors (Lipinski definition) is 8. The van der Waals surface area contributed by atoms with Crippen molar-refractivity contribution in [2.24, 2.45) is 0 Å². The van der Waals surface area contributed by atoms with Gasteiger partial charge in [0, 0.05) is 44.4 Å². The zero-order valence-electron chi connectivity index (χ0n) is 20.9. The Kier molecular flexibility index (Phi) is 6.95. The van der Waals surface area contributed by atoms with Crippen LogP contribution >= 0.6 is 11.6 Å². The molecule has 0 amide bonds. The van der Waals surface area contributed by atoms with Gasteiger partial charge in [-0.15, -0.1) is 0 Å². The number of ether oxygens (including phenoxy) is 5. The van der Waals surface area contributed by atoms with Gasteiger partial charge in [-0.2, -0.15) is 0 Å². The topological polar surface area (TPSA) is 101 Å². The maximum atomic E-state index is 13.9. The molecule has 4 unspecified atom stereocenters. The number of fused-ring (bicyclic) bond motifs is 4. The van der Waals surface area contributed by atoms with Gasteiger partial charge in [0.05, 0.1) is 42.1 Å². The van der Waals surface area contributed by atoms with Crippen molar-refractivity contribution in [3.05, 3.63) is 69.2 Å². The molecule has 37 heavy (non-hydrogen) atoms. The SMILES string of the molecule is COCC1OC(c2c(O)c3c(c4ccccc24)C(=O)c2ccc(Cl)c(OC)c2C3=O)CC(OC)C1OC. The molecule has 1 aliphatic heterocycles. The third kappa shape index (κ3) is 3.91. The molecule has 0 aromatic heterocycles. The highest BCUT2D eigenvalue weighted by molar-refractivity contribution is 6.37. The summed E-state index contributed by atoms with van der Waals surface area (Å²) in [7, 11) is 6.11. The lowest BCUT2D eigenvalue weighted by atomic mass is 9.78. The zero-order valence-corrected chi connectivity index (χ0v) is 21.6. The third-order valence-corrected chi connectivity index (χ3v) is 7.51. The van der Waals surface area contributed by atoms with E-state index in [-0.39, 0.29) is 51.5 Å². The lowest BCUT2D eigenvalue weighted by Gasteiger charge is -2.41. The van der Waals surface area contributed by atoms with E-state index in [0.29, 0.717) is 22.8 Å². The number of carbonyl (C=O) groups is 2. The zero-order chi connectivity index (χ0) is 26.4. The summed E-state index contributed by atoms with van der Waals surface area (Å²) >= 11 is 6.29. The van der Waals surface area contributed by atoms with Crippen LogP contribution in [0.4, 0.5) is 0 Å². The van der Waals surface area contributed by atoms with E-state index >= 15 is 0 Å². The monoisotopic (exact) mass is 526 g/mol. The first-order chi connectivity index (χ1) is 17.9. The number of halogens is 1. The standard InChI is InChI=1S/C28H27ClO8/c1-33-12-19-28(36-4)18(34-2)11-17(37-19)20-13-7-5-6-8-14(13)21-23(25(20)31)26(32)22-15(24(21)30)9-10-16(29)27(22)35-3/h5-10,17-19,28,31H,11-12H2,1-4H3. The normalized spacial score (nSPS) is 23.2. The van der Waals surface area contributed by atoms with E-state index in [2.05, 4.69) is 0 Å². The van der Waals surface area contributed by atoms with Crippen LogP contribution in [-0.4, -0.2) is 70.0 Å². The number of methoxy groups -OCH3 is 4. The van der Waals surface area contributed by atoms with Gasteiger partial charge in [0.25, 0.3) is 0 Å². The number of benzene rings is 3. The van der Waals surface area contributed by atoms with Crippen molar-refractivity contribution in [3.8, 4) is 11.5 Å². The van der Waals surface area contributed by atoms with E-state index in [1.165, 1.54) is 19.2 Å². The van der Waals surface area contributed by atoms with E-state index in [4.69, 9.17) is 35.3 Å². The number of ketones is 2. The van der Waals surface area contributed by atoms with E-state index in [0.717, 1.165) is 0 Å². The van der Waals surface area contributed by atoms with Crippen molar-refractivity contribution in [2.75, 3.05) is 35.0 Å². The van der Waals surface area contributed by atoms with Gasteiger partial charge in [0.15, 0.2) is 5.78 Å². The second-order valence-electron chi connectivity index (χ2n) is 9.05. The minimum Gasteiger partial charge on any atom is -0.507 e. The minimum absolute atomic E-state index is 0.0278. The summed E-state index contributed by atoms with van der Waals surface area (Å²) < 4.78 is 28.5. The second kappa shape index (κ2) is 10.0. The maximum absolute atomic E-state index is 13.9. The van der Waals surface area contributed by atoms with Crippen molar-refractivity contribution in [1.82, 2.24) is 0 Å². The Morgan fingerprint density at radius 1 is 0.946 bits per heavy atom. The van der Waals surface area contributed by atoms with E-state index in [1.807, 2.05) is 6.07 Å². The quantitative estimate of drug-likeness (QED) is 0.392. The van der Waals surface area contributed by atoms with Crippen LogP contribution in [0.5, 0.6) is 11.5 Å². The number of rotatable bonds is 6. The van der Waals surface area contributed by atoms with Crippen molar-refractivity contribution in [1.29, 1.82) is 0 Å². The van der Waals surface area contributed by atoms with Gasteiger partial charge in [0.1, 0.15) is 23.7 Å². The predicted molar refractivity (Wildman–Crippen MR) is 136 cm³/mol. The number of phenols is 1. The van der Waals surface area contributed by atoms with Crippen molar-refractivity contribution in [2.45, 2.75) is 30.8 Å². The van der Waals surface area contributed by atoms with Crippen molar-refractivity contribution in [3.63, 3.8) is 0 Å².